The number of hydrogen-bond acceptors (Lipinski definition) is 4. The van der Waals surface area contributed by atoms with Crippen molar-refractivity contribution in [2.75, 3.05) is 32.6 Å². The van der Waals surface area contributed by atoms with E-state index < -0.39 is 5.60 Å². The molecule has 1 aliphatic rings. The molecule has 0 bridgehead atoms. The highest BCUT2D eigenvalue weighted by Crippen LogP contribution is 2.22. The van der Waals surface area contributed by atoms with Crippen LogP contribution in [0.2, 0.25) is 0 Å². The molecule has 1 saturated heterocycles. The summed E-state index contributed by atoms with van der Waals surface area (Å²) in [5, 5.41) is 2.86. The highest BCUT2D eigenvalue weighted by molar-refractivity contribution is 9.10. The van der Waals surface area contributed by atoms with E-state index in [4.69, 9.17) is 15.2 Å². The van der Waals surface area contributed by atoms with E-state index in [9.17, 15) is 4.79 Å². The van der Waals surface area contributed by atoms with Crippen LogP contribution in [0.1, 0.15) is 16.8 Å². The van der Waals surface area contributed by atoms with Crippen molar-refractivity contribution in [1.29, 1.82) is 0 Å². The first-order chi connectivity index (χ1) is 9.06. The second-order valence-corrected chi connectivity index (χ2v) is 5.46. The van der Waals surface area contributed by atoms with E-state index in [1.54, 1.807) is 25.3 Å². The number of hydrogen-bond donors (Lipinski definition) is 2. The summed E-state index contributed by atoms with van der Waals surface area (Å²) in [5.74, 6) is -0.164. The summed E-state index contributed by atoms with van der Waals surface area (Å²) in [6.45, 7) is 1.60. The van der Waals surface area contributed by atoms with Gasteiger partial charge in [0.1, 0.15) is 5.60 Å². The summed E-state index contributed by atoms with van der Waals surface area (Å²) < 4.78 is 11.6. The molecule has 2 rings (SSSR count). The first kappa shape index (κ1) is 14.3. The third kappa shape index (κ3) is 3.26. The summed E-state index contributed by atoms with van der Waals surface area (Å²) >= 11 is 3.30. The molecule has 5 nitrogen and oxygen atoms in total. The van der Waals surface area contributed by atoms with E-state index >= 15 is 0 Å². The normalized spacial score (nSPS) is 22.4. The molecule has 6 heteroatoms. The number of nitrogens with one attached hydrogen (secondary N) is 1. The monoisotopic (exact) mass is 328 g/mol. The van der Waals surface area contributed by atoms with E-state index in [2.05, 4.69) is 21.2 Å². The van der Waals surface area contributed by atoms with Gasteiger partial charge in [0.2, 0.25) is 0 Å². The largest absolute Gasteiger partial charge is 0.398 e. The molecule has 0 aliphatic carbocycles. The van der Waals surface area contributed by atoms with Crippen molar-refractivity contribution in [3.8, 4) is 0 Å². The molecule has 1 fully saturated rings. The van der Waals surface area contributed by atoms with Gasteiger partial charge in [-0.2, -0.15) is 0 Å². The van der Waals surface area contributed by atoms with Crippen LogP contribution in [0.15, 0.2) is 22.7 Å². The minimum atomic E-state index is -0.406. The Labute approximate surface area is 120 Å². The zero-order valence-corrected chi connectivity index (χ0v) is 12.3. The Balaban J connectivity index is 1.99. The minimum Gasteiger partial charge on any atom is -0.398 e. The van der Waals surface area contributed by atoms with E-state index in [1.807, 2.05) is 0 Å². The predicted octanol–water partition coefficient (Wildman–Crippen LogP) is 1.57. The second-order valence-electron chi connectivity index (χ2n) is 4.61. The lowest BCUT2D eigenvalue weighted by atomic mass is 10.0. The van der Waals surface area contributed by atoms with E-state index in [0.717, 1.165) is 10.9 Å². The van der Waals surface area contributed by atoms with Gasteiger partial charge < -0.3 is 20.5 Å². The zero-order valence-electron chi connectivity index (χ0n) is 10.7. The van der Waals surface area contributed by atoms with E-state index in [1.165, 1.54) is 0 Å². The molecule has 19 heavy (non-hydrogen) atoms. The average Bonchev–Trinajstić information content (AvgIpc) is 2.89. The van der Waals surface area contributed by atoms with Crippen molar-refractivity contribution >= 4 is 27.5 Å². The van der Waals surface area contributed by atoms with Gasteiger partial charge in [0.25, 0.3) is 5.91 Å². The number of nitrogens with two attached hydrogens (primary N) is 1. The molecule has 1 heterocycles. The molecule has 3 N–H and O–H groups in total. The molecular weight excluding hydrogens is 312 g/mol. The molecule has 0 saturated carbocycles. The highest BCUT2D eigenvalue weighted by atomic mass is 79.9. The van der Waals surface area contributed by atoms with Gasteiger partial charge >= 0.3 is 0 Å². The summed E-state index contributed by atoms with van der Waals surface area (Å²) in [5.41, 5.74) is 6.42. The molecule has 0 radical (unpaired) electrons. The lowest BCUT2D eigenvalue weighted by Gasteiger charge is -2.25. The molecule has 0 spiro atoms. The fourth-order valence-corrected chi connectivity index (χ4v) is 2.24. The maximum absolute atomic E-state index is 12.0. The van der Waals surface area contributed by atoms with Crippen molar-refractivity contribution in [2.24, 2.45) is 0 Å². The number of carbonyl (C=O) groups is 1. The smallest absolute Gasteiger partial charge is 0.251 e. The SMILES string of the molecule is COC1(CNC(=O)c2ccc(Br)c(N)c2)CCOC1. The molecule has 0 aromatic heterocycles. The van der Waals surface area contributed by atoms with Gasteiger partial charge in [-0.15, -0.1) is 0 Å². The summed E-state index contributed by atoms with van der Waals surface area (Å²) in [7, 11) is 1.64. The molecule has 1 amide bonds. The Hall–Kier alpha value is -1.11. The number of carbonyl (C=O) groups excluding carboxylic acids is 1. The van der Waals surface area contributed by atoms with Gasteiger partial charge in [-0.3, -0.25) is 4.79 Å². The minimum absolute atomic E-state index is 0.164. The lowest BCUT2D eigenvalue weighted by Crippen LogP contribution is -2.45. The number of anilines is 1. The Morgan fingerprint density at radius 3 is 3.00 bits per heavy atom. The fraction of sp³-hybridized carbons (Fsp3) is 0.462. The van der Waals surface area contributed by atoms with Crippen LogP contribution in [-0.4, -0.2) is 38.4 Å². The molecule has 104 valence electrons. The number of rotatable bonds is 4. The maximum atomic E-state index is 12.0. The van der Waals surface area contributed by atoms with Crippen molar-refractivity contribution in [1.82, 2.24) is 5.32 Å². The van der Waals surface area contributed by atoms with Crippen LogP contribution in [0, 0.1) is 0 Å². The summed E-state index contributed by atoms with van der Waals surface area (Å²) in [6, 6.07) is 5.12. The van der Waals surface area contributed by atoms with E-state index in [-0.39, 0.29) is 5.91 Å². The van der Waals surface area contributed by atoms with E-state index in [0.29, 0.717) is 31.0 Å². The highest BCUT2D eigenvalue weighted by Gasteiger charge is 2.35. The van der Waals surface area contributed by atoms with Gasteiger partial charge in [-0.25, -0.2) is 0 Å². The number of halogens is 1. The number of ether oxygens (including phenoxy) is 2. The quantitative estimate of drug-likeness (QED) is 0.823. The first-order valence-corrected chi connectivity index (χ1v) is 6.82. The van der Waals surface area contributed by atoms with Crippen molar-refractivity contribution in [2.45, 2.75) is 12.0 Å². The Morgan fingerprint density at radius 1 is 1.63 bits per heavy atom. The van der Waals surface area contributed by atoms with Gasteiger partial charge in [0, 0.05) is 42.4 Å². The summed E-state index contributed by atoms with van der Waals surface area (Å²) in [4.78, 5) is 12.0. The topological polar surface area (TPSA) is 73.6 Å². The van der Waals surface area contributed by atoms with Crippen LogP contribution in [0.3, 0.4) is 0 Å². The van der Waals surface area contributed by atoms with Gasteiger partial charge in [-0.1, -0.05) is 0 Å². The maximum Gasteiger partial charge on any atom is 0.251 e. The summed E-state index contributed by atoms with van der Waals surface area (Å²) in [6.07, 6.45) is 0.784. The van der Waals surface area contributed by atoms with Crippen LogP contribution in [0.25, 0.3) is 0 Å². The number of amides is 1. The lowest BCUT2D eigenvalue weighted by molar-refractivity contribution is -0.0148. The molecule has 1 aromatic rings. The Kier molecular flexibility index (Phi) is 4.44. The van der Waals surface area contributed by atoms with Crippen LogP contribution >= 0.6 is 15.9 Å². The standard InChI is InChI=1S/C13H17BrN2O3/c1-18-13(4-5-19-8-13)7-16-12(17)9-2-3-10(14)11(15)6-9/h2-3,6H,4-5,7-8,15H2,1H3,(H,16,17). The third-order valence-corrected chi connectivity index (χ3v) is 4.05. The van der Waals surface area contributed by atoms with Crippen LogP contribution in [0.5, 0.6) is 0 Å². The van der Waals surface area contributed by atoms with Crippen LogP contribution in [-0.2, 0) is 9.47 Å². The van der Waals surface area contributed by atoms with Gasteiger partial charge in [0.15, 0.2) is 0 Å². The number of nitrogen functional groups attached to an aromatic ring is 1. The van der Waals surface area contributed by atoms with Gasteiger partial charge in [0.05, 0.1) is 6.61 Å². The Bertz CT molecular complexity index is 473. The first-order valence-electron chi connectivity index (χ1n) is 6.02. The Morgan fingerprint density at radius 2 is 2.42 bits per heavy atom. The zero-order chi connectivity index (χ0) is 13.9. The molecule has 1 aliphatic heterocycles. The molecule has 1 atom stereocenters. The molecule has 1 aromatic carbocycles. The van der Waals surface area contributed by atoms with Gasteiger partial charge in [-0.05, 0) is 34.1 Å². The average molecular weight is 329 g/mol. The van der Waals surface area contributed by atoms with Crippen LogP contribution in [0.4, 0.5) is 5.69 Å². The van der Waals surface area contributed by atoms with Crippen molar-refractivity contribution < 1.29 is 14.3 Å². The molecular formula is C13H17BrN2O3. The second kappa shape index (κ2) is 5.90. The number of methoxy groups -OCH3 is 1. The van der Waals surface area contributed by atoms with Crippen LogP contribution < -0.4 is 11.1 Å². The fourth-order valence-electron chi connectivity index (χ4n) is 1.99. The van der Waals surface area contributed by atoms with Crippen molar-refractivity contribution in [3.63, 3.8) is 0 Å². The number of benzene rings is 1. The third-order valence-electron chi connectivity index (χ3n) is 3.33. The van der Waals surface area contributed by atoms with Crippen molar-refractivity contribution in [3.05, 3.63) is 28.2 Å². The molecule has 1 unspecified atom stereocenters. The predicted molar refractivity (Wildman–Crippen MR) is 76.1 cm³/mol.